The highest BCUT2D eigenvalue weighted by Gasteiger charge is 2.23. The standard InChI is InChI=1S/C13H16ClN3O/c1-13(2,12(15)18)17-7-8-6-16-11-5-9(14)3-4-10(8)11/h3-6,16-17H,7H2,1-2H3,(H2,15,18). The van der Waals surface area contributed by atoms with E-state index in [0.717, 1.165) is 16.5 Å². The molecule has 1 amide bonds. The van der Waals surface area contributed by atoms with Crippen LogP contribution in [0.1, 0.15) is 19.4 Å². The van der Waals surface area contributed by atoms with Gasteiger partial charge in [-0.15, -0.1) is 0 Å². The van der Waals surface area contributed by atoms with E-state index in [4.69, 9.17) is 17.3 Å². The molecule has 0 saturated carbocycles. The molecule has 0 aliphatic heterocycles. The second-order valence-electron chi connectivity index (χ2n) is 4.85. The third kappa shape index (κ3) is 2.49. The third-order valence-electron chi connectivity index (χ3n) is 3.07. The molecule has 96 valence electrons. The summed E-state index contributed by atoms with van der Waals surface area (Å²) in [4.78, 5) is 14.4. The number of halogens is 1. The van der Waals surface area contributed by atoms with E-state index in [1.807, 2.05) is 24.4 Å². The molecule has 0 atom stereocenters. The molecular weight excluding hydrogens is 250 g/mol. The molecule has 4 nitrogen and oxygen atoms in total. The number of carbonyl (C=O) groups excluding carboxylic acids is 1. The summed E-state index contributed by atoms with van der Waals surface area (Å²) in [5.41, 5.74) is 6.65. The van der Waals surface area contributed by atoms with Crippen LogP contribution >= 0.6 is 11.6 Å². The monoisotopic (exact) mass is 265 g/mol. The summed E-state index contributed by atoms with van der Waals surface area (Å²) in [5, 5.41) is 4.93. The molecule has 1 aromatic heterocycles. The van der Waals surface area contributed by atoms with Crippen molar-refractivity contribution >= 4 is 28.4 Å². The molecule has 0 fully saturated rings. The van der Waals surface area contributed by atoms with E-state index in [9.17, 15) is 4.79 Å². The van der Waals surface area contributed by atoms with E-state index in [1.165, 1.54) is 0 Å². The van der Waals surface area contributed by atoms with Gasteiger partial charge in [0.1, 0.15) is 0 Å². The van der Waals surface area contributed by atoms with Gasteiger partial charge >= 0.3 is 0 Å². The molecule has 2 aromatic rings. The van der Waals surface area contributed by atoms with Gasteiger partial charge in [0.15, 0.2) is 0 Å². The highest BCUT2D eigenvalue weighted by molar-refractivity contribution is 6.31. The Hall–Kier alpha value is -1.52. The van der Waals surface area contributed by atoms with Crippen molar-refractivity contribution in [2.75, 3.05) is 0 Å². The van der Waals surface area contributed by atoms with Crippen molar-refractivity contribution in [2.45, 2.75) is 25.9 Å². The van der Waals surface area contributed by atoms with Crippen molar-refractivity contribution in [3.63, 3.8) is 0 Å². The van der Waals surface area contributed by atoms with Crippen molar-refractivity contribution in [1.29, 1.82) is 0 Å². The summed E-state index contributed by atoms with van der Waals surface area (Å²) in [5.74, 6) is -0.370. The zero-order valence-electron chi connectivity index (χ0n) is 10.4. The zero-order chi connectivity index (χ0) is 13.3. The van der Waals surface area contributed by atoms with E-state index in [2.05, 4.69) is 10.3 Å². The van der Waals surface area contributed by atoms with E-state index >= 15 is 0 Å². The average molecular weight is 266 g/mol. The third-order valence-corrected chi connectivity index (χ3v) is 3.30. The SMILES string of the molecule is CC(C)(NCc1c[nH]c2cc(Cl)ccc12)C(N)=O. The van der Waals surface area contributed by atoms with Crippen LogP contribution in [0, 0.1) is 0 Å². The first-order chi connectivity index (χ1) is 8.40. The van der Waals surface area contributed by atoms with Gasteiger partial charge in [0.05, 0.1) is 5.54 Å². The zero-order valence-corrected chi connectivity index (χ0v) is 11.1. The minimum atomic E-state index is -0.726. The van der Waals surface area contributed by atoms with Gasteiger partial charge in [-0.3, -0.25) is 10.1 Å². The summed E-state index contributed by atoms with van der Waals surface area (Å²) in [7, 11) is 0. The van der Waals surface area contributed by atoms with Crippen LogP contribution < -0.4 is 11.1 Å². The second kappa shape index (κ2) is 4.63. The molecule has 0 saturated heterocycles. The number of carbonyl (C=O) groups is 1. The largest absolute Gasteiger partial charge is 0.368 e. The first-order valence-electron chi connectivity index (χ1n) is 5.70. The maximum Gasteiger partial charge on any atom is 0.237 e. The molecule has 0 unspecified atom stereocenters. The Bertz CT molecular complexity index is 589. The minimum absolute atomic E-state index is 0.370. The van der Waals surface area contributed by atoms with Crippen molar-refractivity contribution in [3.05, 3.63) is 35.0 Å². The van der Waals surface area contributed by atoms with Gasteiger partial charge in [0.25, 0.3) is 0 Å². The number of fused-ring (bicyclic) bond motifs is 1. The van der Waals surface area contributed by atoms with E-state index in [-0.39, 0.29) is 5.91 Å². The van der Waals surface area contributed by atoms with Gasteiger partial charge < -0.3 is 10.7 Å². The number of nitrogens with one attached hydrogen (secondary N) is 2. The van der Waals surface area contributed by atoms with Crippen LogP contribution in [-0.2, 0) is 11.3 Å². The highest BCUT2D eigenvalue weighted by atomic mass is 35.5. The van der Waals surface area contributed by atoms with Crippen molar-refractivity contribution in [1.82, 2.24) is 10.3 Å². The van der Waals surface area contributed by atoms with Crippen LogP contribution in [0.15, 0.2) is 24.4 Å². The summed E-state index contributed by atoms with van der Waals surface area (Å²) < 4.78 is 0. The maximum absolute atomic E-state index is 11.2. The number of primary amides is 1. The Labute approximate surface area is 111 Å². The second-order valence-corrected chi connectivity index (χ2v) is 5.28. The molecule has 0 aliphatic rings. The van der Waals surface area contributed by atoms with E-state index < -0.39 is 5.54 Å². The van der Waals surface area contributed by atoms with Crippen LogP contribution in [0.25, 0.3) is 10.9 Å². The Kier molecular flexibility index (Phi) is 3.32. The van der Waals surface area contributed by atoms with Gasteiger partial charge in [-0.2, -0.15) is 0 Å². The number of hydrogen-bond donors (Lipinski definition) is 3. The normalized spacial score (nSPS) is 11.9. The van der Waals surface area contributed by atoms with Crippen LogP contribution in [0.3, 0.4) is 0 Å². The number of aromatic nitrogens is 1. The molecule has 4 N–H and O–H groups in total. The Balaban J connectivity index is 2.20. The number of rotatable bonds is 4. The van der Waals surface area contributed by atoms with Crippen molar-refractivity contribution in [2.24, 2.45) is 5.73 Å². The maximum atomic E-state index is 11.2. The van der Waals surface area contributed by atoms with E-state index in [0.29, 0.717) is 11.6 Å². The molecule has 0 aliphatic carbocycles. The molecule has 1 aromatic carbocycles. The van der Waals surface area contributed by atoms with Gasteiger partial charge in [0, 0.05) is 28.7 Å². The van der Waals surface area contributed by atoms with Gasteiger partial charge in [-0.05, 0) is 31.5 Å². The number of H-pyrrole nitrogens is 1. The van der Waals surface area contributed by atoms with Gasteiger partial charge in [0.2, 0.25) is 5.91 Å². The van der Waals surface area contributed by atoms with Crippen molar-refractivity contribution < 1.29 is 4.79 Å². The Morgan fingerprint density at radius 3 is 2.89 bits per heavy atom. The molecule has 0 spiro atoms. The van der Waals surface area contributed by atoms with Crippen LogP contribution in [0.5, 0.6) is 0 Å². The molecule has 0 radical (unpaired) electrons. The molecule has 1 heterocycles. The fourth-order valence-corrected chi connectivity index (χ4v) is 1.88. The quantitative estimate of drug-likeness (QED) is 0.793. The Morgan fingerprint density at radius 2 is 2.22 bits per heavy atom. The summed E-state index contributed by atoms with van der Waals surface area (Å²) in [6, 6.07) is 5.68. The van der Waals surface area contributed by atoms with Crippen molar-refractivity contribution in [3.8, 4) is 0 Å². The number of benzene rings is 1. The summed E-state index contributed by atoms with van der Waals surface area (Å²) >= 11 is 5.92. The predicted octanol–water partition coefficient (Wildman–Crippen LogP) is 2.17. The predicted molar refractivity (Wildman–Crippen MR) is 73.4 cm³/mol. The van der Waals surface area contributed by atoms with Crippen LogP contribution in [0.4, 0.5) is 0 Å². The summed E-state index contributed by atoms with van der Waals surface area (Å²) in [6.45, 7) is 4.10. The van der Waals surface area contributed by atoms with Gasteiger partial charge in [-0.1, -0.05) is 17.7 Å². The average Bonchev–Trinajstić information content (AvgIpc) is 2.68. The lowest BCUT2D eigenvalue weighted by Crippen LogP contribution is -2.50. The first-order valence-corrected chi connectivity index (χ1v) is 6.08. The fraction of sp³-hybridized carbons (Fsp3) is 0.308. The number of amides is 1. The Morgan fingerprint density at radius 1 is 1.50 bits per heavy atom. The van der Waals surface area contributed by atoms with Crippen LogP contribution in [0.2, 0.25) is 5.02 Å². The molecule has 5 heteroatoms. The summed E-state index contributed by atoms with van der Waals surface area (Å²) in [6.07, 6.45) is 1.91. The molecular formula is C13H16ClN3O. The lowest BCUT2D eigenvalue weighted by atomic mass is 10.0. The minimum Gasteiger partial charge on any atom is -0.368 e. The molecule has 18 heavy (non-hydrogen) atoms. The molecule has 2 rings (SSSR count). The van der Waals surface area contributed by atoms with Crippen LogP contribution in [-0.4, -0.2) is 16.4 Å². The lowest BCUT2D eigenvalue weighted by Gasteiger charge is -2.22. The number of nitrogens with two attached hydrogens (primary N) is 1. The van der Waals surface area contributed by atoms with E-state index in [1.54, 1.807) is 13.8 Å². The fourth-order valence-electron chi connectivity index (χ4n) is 1.71. The van der Waals surface area contributed by atoms with Gasteiger partial charge in [-0.25, -0.2) is 0 Å². The molecule has 0 bridgehead atoms. The first kappa shape index (κ1) is 12.9. The lowest BCUT2D eigenvalue weighted by molar-refractivity contribution is -0.123. The highest BCUT2D eigenvalue weighted by Crippen LogP contribution is 2.22. The number of aromatic amines is 1. The topological polar surface area (TPSA) is 70.9 Å². The smallest absolute Gasteiger partial charge is 0.237 e. The number of hydrogen-bond acceptors (Lipinski definition) is 2.